The van der Waals surface area contributed by atoms with Crippen LogP contribution in [-0.2, 0) is 23.9 Å². The van der Waals surface area contributed by atoms with Gasteiger partial charge in [-0.3, -0.25) is 19.2 Å². The molecule has 4 amide bonds. The van der Waals surface area contributed by atoms with Crippen molar-refractivity contribution in [1.82, 2.24) is 15.5 Å². The molecule has 7 aliphatic carbocycles. The summed E-state index contributed by atoms with van der Waals surface area (Å²) >= 11 is 0. The number of alkyl carbamates (subject to hydrolysis) is 1. The summed E-state index contributed by atoms with van der Waals surface area (Å²) in [5.74, 6) is -0.232. The molecule has 10 nitrogen and oxygen atoms in total. The first-order valence-corrected chi connectivity index (χ1v) is 17.9. The number of piperidine rings is 1. The van der Waals surface area contributed by atoms with Crippen LogP contribution in [0.1, 0.15) is 110 Å². The number of carbonyl (C=O) groups excluding carboxylic acids is 5. The van der Waals surface area contributed by atoms with E-state index < -0.39 is 47.4 Å². The zero-order chi connectivity index (χ0) is 31.7. The van der Waals surface area contributed by atoms with E-state index in [9.17, 15) is 24.0 Å². The van der Waals surface area contributed by atoms with E-state index in [1.54, 1.807) is 4.90 Å². The summed E-state index contributed by atoms with van der Waals surface area (Å²) < 4.78 is 6.30. The van der Waals surface area contributed by atoms with Crippen molar-refractivity contribution in [2.75, 3.05) is 6.54 Å². The van der Waals surface area contributed by atoms with Crippen LogP contribution in [-0.4, -0.2) is 64.8 Å². The maximum Gasteiger partial charge on any atom is 0.408 e. The molecule has 1 aliphatic heterocycles. The summed E-state index contributed by atoms with van der Waals surface area (Å²) in [6, 6.07) is -2.52. The predicted molar refractivity (Wildman–Crippen MR) is 165 cm³/mol. The van der Waals surface area contributed by atoms with Gasteiger partial charge >= 0.3 is 6.09 Å². The lowest BCUT2D eigenvalue weighted by molar-refractivity contribution is -0.145. The Balaban J connectivity index is 1.09. The Bertz CT molecular complexity index is 1200. The molecular formula is C35H52N4O6. The minimum atomic E-state index is -1.05. The predicted octanol–water partition coefficient (Wildman–Crippen LogP) is 3.84. The lowest BCUT2D eigenvalue weighted by Crippen LogP contribution is -2.60. The van der Waals surface area contributed by atoms with Crippen molar-refractivity contribution in [3.05, 3.63) is 0 Å². The third-order valence-corrected chi connectivity index (χ3v) is 13.4. The van der Waals surface area contributed by atoms with Gasteiger partial charge in [0, 0.05) is 6.54 Å². The van der Waals surface area contributed by atoms with Crippen molar-refractivity contribution in [3.63, 3.8) is 0 Å². The first-order valence-electron chi connectivity index (χ1n) is 17.9. The Hall–Kier alpha value is -2.65. The number of Topliss-reactive ketones (excluding diaryl/α,β-unsaturated/α-hetero) is 1. The van der Waals surface area contributed by atoms with Gasteiger partial charge < -0.3 is 26.0 Å². The van der Waals surface area contributed by atoms with Gasteiger partial charge in [0.25, 0.3) is 5.91 Å². The molecule has 0 aromatic rings. The SMILES string of the molecule is CC1(C)C2CN(C(=O)[C@@H](NC(=O)OC34CC5CC(CC(C5)C3)C4)C3CCCCC3)[C@H](C(=O)NC(CC3CCC3)C(=O)C(N)=O)C21. The number of ketones is 1. The molecule has 5 atom stereocenters. The fraction of sp³-hybridized carbons (Fsp3) is 0.857. The molecule has 10 heteroatoms. The Morgan fingerprint density at radius 2 is 1.49 bits per heavy atom. The minimum Gasteiger partial charge on any atom is -0.443 e. The van der Waals surface area contributed by atoms with E-state index in [1.165, 1.54) is 19.3 Å². The minimum absolute atomic E-state index is 0.0217. The summed E-state index contributed by atoms with van der Waals surface area (Å²) in [4.78, 5) is 68.5. The smallest absolute Gasteiger partial charge is 0.408 e. The van der Waals surface area contributed by atoms with E-state index >= 15 is 0 Å². The standard InChI is InChI=1S/C35H52N4O6/c1-34(2)24-18-39(28(26(24)34)31(42)37-25(29(40)30(36)41)14-19-7-6-8-19)32(43)27(23-9-4-3-5-10-23)38-33(44)45-35-15-20-11-21(16-35)13-22(12-20)17-35/h19-28H,3-18H2,1-2H3,(H2,36,41)(H,37,42)(H,38,44)/t20?,21?,22?,24?,25?,26?,27-,28-,35?/m0/s1. The second-order valence-electron chi connectivity index (χ2n) is 16.7. The number of carbonyl (C=O) groups is 5. The number of amides is 4. The van der Waals surface area contributed by atoms with E-state index in [-0.39, 0.29) is 35.0 Å². The van der Waals surface area contributed by atoms with Gasteiger partial charge in [-0.15, -0.1) is 0 Å². The van der Waals surface area contributed by atoms with Gasteiger partial charge in [0.05, 0.1) is 6.04 Å². The van der Waals surface area contributed by atoms with Crippen molar-refractivity contribution < 1.29 is 28.7 Å². The van der Waals surface area contributed by atoms with E-state index in [1.807, 2.05) is 0 Å². The maximum absolute atomic E-state index is 14.5. The molecule has 8 fully saturated rings. The quantitative estimate of drug-likeness (QED) is 0.315. The van der Waals surface area contributed by atoms with Crippen LogP contribution in [0.25, 0.3) is 0 Å². The van der Waals surface area contributed by atoms with Crippen molar-refractivity contribution in [1.29, 1.82) is 0 Å². The third-order valence-electron chi connectivity index (χ3n) is 13.4. The molecule has 1 heterocycles. The van der Waals surface area contributed by atoms with Crippen molar-refractivity contribution >= 4 is 29.6 Å². The summed E-state index contributed by atoms with van der Waals surface area (Å²) in [6.07, 6.45) is 14.2. The molecule has 3 unspecified atom stereocenters. The van der Waals surface area contributed by atoms with Crippen LogP contribution in [0.5, 0.6) is 0 Å². The van der Waals surface area contributed by atoms with Crippen LogP contribution >= 0.6 is 0 Å². The number of likely N-dealkylation sites (tertiary alicyclic amines) is 1. The second kappa shape index (κ2) is 11.5. The Morgan fingerprint density at radius 3 is 2.04 bits per heavy atom. The highest BCUT2D eigenvalue weighted by Gasteiger charge is 2.70. The Labute approximate surface area is 266 Å². The highest BCUT2D eigenvalue weighted by Crippen LogP contribution is 2.65. The van der Waals surface area contributed by atoms with Gasteiger partial charge in [-0.05, 0) is 105 Å². The number of primary amides is 1. The van der Waals surface area contributed by atoms with E-state index in [0.29, 0.717) is 30.7 Å². The molecule has 7 saturated carbocycles. The van der Waals surface area contributed by atoms with Crippen molar-refractivity contribution in [2.24, 2.45) is 52.6 Å². The number of rotatable bonds is 10. The van der Waals surface area contributed by atoms with Gasteiger partial charge in [-0.2, -0.15) is 0 Å². The Morgan fingerprint density at radius 1 is 0.867 bits per heavy atom. The number of fused-ring (bicyclic) bond motifs is 1. The second-order valence-corrected chi connectivity index (χ2v) is 16.7. The molecule has 0 spiro atoms. The van der Waals surface area contributed by atoms with E-state index in [2.05, 4.69) is 24.5 Å². The highest BCUT2D eigenvalue weighted by molar-refractivity contribution is 6.37. The number of hydrogen-bond donors (Lipinski definition) is 3. The number of ether oxygens (including phenoxy) is 1. The van der Waals surface area contributed by atoms with Crippen molar-refractivity contribution in [3.8, 4) is 0 Å². The molecule has 248 valence electrons. The molecule has 4 bridgehead atoms. The van der Waals surface area contributed by atoms with Crippen LogP contribution < -0.4 is 16.4 Å². The van der Waals surface area contributed by atoms with Crippen LogP contribution in [0.15, 0.2) is 0 Å². The third kappa shape index (κ3) is 5.77. The average molecular weight is 625 g/mol. The summed E-state index contributed by atoms with van der Waals surface area (Å²) in [7, 11) is 0. The number of nitrogens with one attached hydrogen (secondary N) is 2. The molecule has 1 saturated heterocycles. The van der Waals surface area contributed by atoms with Crippen LogP contribution in [0.2, 0.25) is 0 Å². The number of nitrogens with zero attached hydrogens (tertiary/aromatic N) is 1. The highest BCUT2D eigenvalue weighted by atomic mass is 16.6. The first kappa shape index (κ1) is 31.0. The van der Waals surface area contributed by atoms with Gasteiger partial charge in [-0.25, -0.2) is 4.79 Å². The molecule has 0 radical (unpaired) electrons. The summed E-state index contributed by atoms with van der Waals surface area (Å²) in [6.45, 7) is 4.66. The molecule has 8 rings (SSSR count). The largest absolute Gasteiger partial charge is 0.443 e. The summed E-state index contributed by atoms with van der Waals surface area (Å²) in [5.41, 5.74) is 4.84. The van der Waals surface area contributed by atoms with E-state index in [4.69, 9.17) is 10.5 Å². The number of nitrogens with two attached hydrogens (primary N) is 1. The van der Waals surface area contributed by atoms with Gasteiger partial charge in [0.1, 0.15) is 17.7 Å². The van der Waals surface area contributed by atoms with Crippen LogP contribution in [0, 0.1) is 46.8 Å². The normalized spacial score (nSPS) is 37.6. The van der Waals surface area contributed by atoms with Gasteiger partial charge in [0.2, 0.25) is 17.6 Å². The first-order chi connectivity index (χ1) is 21.4. The molecule has 0 aromatic heterocycles. The molecule has 0 aromatic carbocycles. The van der Waals surface area contributed by atoms with Crippen LogP contribution in [0.3, 0.4) is 0 Å². The average Bonchev–Trinajstić information content (AvgIpc) is 3.27. The van der Waals surface area contributed by atoms with Crippen LogP contribution in [0.4, 0.5) is 4.79 Å². The topological polar surface area (TPSA) is 148 Å². The van der Waals surface area contributed by atoms with E-state index in [0.717, 1.165) is 70.6 Å². The fourth-order valence-electron chi connectivity index (χ4n) is 11.1. The zero-order valence-electron chi connectivity index (χ0n) is 27.1. The molecule has 45 heavy (non-hydrogen) atoms. The molecular weight excluding hydrogens is 572 g/mol. The fourth-order valence-corrected chi connectivity index (χ4v) is 11.1. The molecule has 8 aliphatic rings. The maximum atomic E-state index is 14.5. The number of hydrogen-bond acceptors (Lipinski definition) is 6. The van der Waals surface area contributed by atoms with Crippen molar-refractivity contribution in [2.45, 2.75) is 134 Å². The van der Waals surface area contributed by atoms with Gasteiger partial charge in [-0.1, -0.05) is 52.4 Å². The zero-order valence-corrected chi connectivity index (χ0v) is 27.1. The Kier molecular flexibility index (Phi) is 7.95. The monoisotopic (exact) mass is 624 g/mol. The lowest BCUT2D eigenvalue weighted by Gasteiger charge is -2.55. The van der Waals surface area contributed by atoms with Gasteiger partial charge in [0.15, 0.2) is 0 Å². The molecule has 4 N–H and O–H groups in total. The summed E-state index contributed by atoms with van der Waals surface area (Å²) in [5, 5.41) is 5.93. The lowest BCUT2D eigenvalue weighted by atomic mass is 9.54.